The molecule has 3 aromatic rings. The Morgan fingerprint density at radius 1 is 1.18 bits per heavy atom. The van der Waals surface area contributed by atoms with Crippen molar-refractivity contribution < 1.29 is 14.3 Å². The Bertz CT molecular complexity index is 1030. The molecule has 3 N–H and O–H groups in total. The summed E-state index contributed by atoms with van der Waals surface area (Å²) >= 11 is 0. The van der Waals surface area contributed by atoms with Crippen LogP contribution in [0.5, 0.6) is 5.75 Å². The average molecular weight is 379 g/mol. The van der Waals surface area contributed by atoms with Crippen LogP contribution in [0.2, 0.25) is 0 Å². The highest BCUT2D eigenvalue weighted by Crippen LogP contribution is 2.48. The quantitative estimate of drug-likeness (QED) is 0.414. The number of fused-ring (bicyclic) bond motifs is 3. The number of nitrogens with zero attached hydrogens (tertiary/aromatic N) is 1. The normalized spacial score (nSPS) is 21.4. The van der Waals surface area contributed by atoms with Gasteiger partial charge < -0.3 is 14.0 Å². The minimum Gasteiger partial charge on any atom is -0.497 e. The van der Waals surface area contributed by atoms with Gasteiger partial charge in [-0.05, 0) is 55.7 Å². The number of aromatic nitrogens is 1. The third-order valence-electron chi connectivity index (χ3n) is 5.91. The molecule has 2 unspecified atom stereocenters. The number of ether oxygens (including phenoxy) is 2. The Hall–Kier alpha value is -2.83. The van der Waals surface area contributed by atoms with Gasteiger partial charge in [0, 0.05) is 18.2 Å². The van der Waals surface area contributed by atoms with Gasteiger partial charge in [-0.2, -0.15) is 0 Å². The average Bonchev–Trinajstić information content (AvgIpc) is 3.10. The molecule has 28 heavy (non-hydrogen) atoms. The molecule has 0 bridgehead atoms. The SMILES string of the molecule is COc1ccc(-n2c3c(c4ccccc42)C(C(=O)NN)CCC3(C)OC)cc1. The molecule has 4 rings (SSSR count). The summed E-state index contributed by atoms with van der Waals surface area (Å²) in [5.74, 6) is 5.82. The van der Waals surface area contributed by atoms with Crippen molar-refractivity contribution in [1.82, 2.24) is 9.99 Å². The molecule has 2 aromatic carbocycles. The number of hydrazine groups is 1. The van der Waals surface area contributed by atoms with Crippen molar-refractivity contribution in [2.75, 3.05) is 14.2 Å². The third kappa shape index (κ3) is 2.68. The Morgan fingerprint density at radius 3 is 2.54 bits per heavy atom. The highest BCUT2D eigenvalue weighted by molar-refractivity contribution is 5.95. The topological polar surface area (TPSA) is 78.5 Å². The van der Waals surface area contributed by atoms with Crippen molar-refractivity contribution in [1.29, 1.82) is 0 Å². The fraction of sp³-hybridized carbons (Fsp3) is 0.318. The van der Waals surface area contributed by atoms with E-state index < -0.39 is 5.60 Å². The van der Waals surface area contributed by atoms with E-state index in [9.17, 15) is 4.79 Å². The van der Waals surface area contributed by atoms with Crippen LogP contribution in [0.25, 0.3) is 16.6 Å². The summed E-state index contributed by atoms with van der Waals surface area (Å²) in [6.07, 6.45) is 1.40. The lowest BCUT2D eigenvalue weighted by Crippen LogP contribution is -2.40. The Morgan fingerprint density at radius 2 is 1.89 bits per heavy atom. The second-order valence-corrected chi connectivity index (χ2v) is 7.35. The van der Waals surface area contributed by atoms with Crippen LogP contribution in [0, 0.1) is 0 Å². The fourth-order valence-electron chi connectivity index (χ4n) is 4.38. The minimum atomic E-state index is -0.514. The van der Waals surface area contributed by atoms with E-state index in [1.807, 2.05) is 36.4 Å². The first-order valence-electron chi connectivity index (χ1n) is 9.38. The highest BCUT2D eigenvalue weighted by Gasteiger charge is 2.43. The summed E-state index contributed by atoms with van der Waals surface area (Å²) in [6, 6.07) is 16.1. The number of nitrogens with two attached hydrogens (primary N) is 1. The monoisotopic (exact) mass is 379 g/mol. The van der Waals surface area contributed by atoms with E-state index in [1.54, 1.807) is 14.2 Å². The number of carbonyl (C=O) groups is 1. The summed E-state index contributed by atoms with van der Waals surface area (Å²) in [7, 11) is 3.38. The molecule has 1 amide bonds. The second kappa shape index (κ2) is 6.96. The van der Waals surface area contributed by atoms with E-state index in [0.717, 1.165) is 40.0 Å². The van der Waals surface area contributed by atoms with Gasteiger partial charge in [-0.3, -0.25) is 10.2 Å². The van der Waals surface area contributed by atoms with Gasteiger partial charge in [0.2, 0.25) is 5.91 Å². The lowest BCUT2D eigenvalue weighted by molar-refractivity contribution is -0.123. The summed E-state index contributed by atoms with van der Waals surface area (Å²) < 4.78 is 13.5. The lowest BCUT2D eigenvalue weighted by atomic mass is 9.77. The molecule has 6 nitrogen and oxygen atoms in total. The summed E-state index contributed by atoms with van der Waals surface area (Å²) in [6.45, 7) is 2.08. The fourth-order valence-corrected chi connectivity index (χ4v) is 4.38. The number of rotatable bonds is 4. The maximum Gasteiger partial charge on any atom is 0.241 e. The predicted octanol–water partition coefficient (Wildman–Crippen LogP) is 3.37. The van der Waals surface area contributed by atoms with Crippen LogP contribution < -0.4 is 16.0 Å². The van der Waals surface area contributed by atoms with Crippen LogP contribution in [0.3, 0.4) is 0 Å². The molecule has 0 saturated heterocycles. The molecule has 1 aromatic heterocycles. The van der Waals surface area contributed by atoms with E-state index in [0.29, 0.717) is 6.42 Å². The maximum atomic E-state index is 12.6. The molecule has 1 aliphatic rings. The molecule has 0 fully saturated rings. The third-order valence-corrected chi connectivity index (χ3v) is 5.91. The first-order valence-corrected chi connectivity index (χ1v) is 9.38. The Labute approximate surface area is 164 Å². The van der Waals surface area contributed by atoms with E-state index >= 15 is 0 Å². The van der Waals surface area contributed by atoms with Gasteiger partial charge in [-0.1, -0.05) is 18.2 Å². The van der Waals surface area contributed by atoms with Gasteiger partial charge in [0.1, 0.15) is 11.4 Å². The van der Waals surface area contributed by atoms with Crippen molar-refractivity contribution in [3.05, 3.63) is 59.8 Å². The number of methoxy groups -OCH3 is 2. The number of amides is 1. The summed E-state index contributed by atoms with van der Waals surface area (Å²) in [4.78, 5) is 12.6. The Kier molecular flexibility index (Phi) is 4.61. The summed E-state index contributed by atoms with van der Waals surface area (Å²) in [5, 5.41) is 1.05. The zero-order valence-corrected chi connectivity index (χ0v) is 16.4. The molecular weight excluding hydrogens is 354 g/mol. The number of hydrogen-bond donors (Lipinski definition) is 2. The Balaban J connectivity index is 2.07. The summed E-state index contributed by atoms with van der Waals surface area (Å²) in [5.41, 5.74) is 5.86. The minimum absolute atomic E-state index is 0.169. The molecule has 0 spiro atoms. The van der Waals surface area contributed by atoms with Gasteiger partial charge in [0.15, 0.2) is 0 Å². The van der Waals surface area contributed by atoms with Gasteiger partial charge >= 0.3 is 0 Å². The van der Waals surface area contributed by atoms with Gasteiger partial charge in [0.25, 0.3) is 0 Å². The van der Waals surface area contributed by atoms with Crippen molar-refractivity contribution >= 4 is 16.8 Å². The predicted molar refractivity (Wildman–Crippen MR) is 108 cm³/mol. The molecule has 0 aliphatic heterocycles. The van der Waals surface area contributed by atoms with E-state index in [2.05, 4.69) is 29.0 Å². The number of nitrogens with one attached hydrogen (secondary N) is 1. The number of hydrogen-bond acceptors (Lipinski definition) is 4. The van der Waals surface area contributed by atoms with E-state index in [4.69, 9.17) is 15.3 Å². The van der Waals surface area contributed by atoms with Crippen LogP contribution >= 0.6 is 0 Å². The molecule has 146 valence electrons. The van der Waals surface area contributed by atoms with Crippen molar-refractivity contribution in [3.63, 3.8) is 0 Å². The van der Waals surface area contributed by atoms with Crippen molar-refractivity contribution in [2.45, 2.75) is 31.3 Å². The van der Waals surface area contributed by atoms with Crippen molar-refractivity contribution in [3.8, 4) is 11.4 Å². The number of para-hydroxylation sites is 1. The molecule has 0 saturated carbocycles. The lowest BCUT2D eigenvalue weighted by Gasteiger charge is -2.37. The first-order chi connectivity index (χ1) is 13.5. The molecule has 2 atom stereocenters. The second-order valence-electron chi connectivity index (χ2n) is 7.35. The van der Waals surface area contributed by atoms with E-state index in [1.165, 1.54) is 0 Å². The smallest absolute Gasteiger partial charge is 0.241 e. The number of benzene rings is 2. The van der Waals surface area contributed by atoms with Crippen molar-refractivity contribution in [2.24, 2.45) is 5.84 Å². The molecule has 1 heterocycles. The highest BCUT2D eigenvalue weighted by atomic mass is 16.5. The largest absolute Gasteiger partial charge is 0.497 e. The standard InChI is InChI=1S/C22H25N3O3/c1-22(28-3)13-12-17(21(26)24-23)19-16-6-4-5-7-18(16)25(20(19)22)14-8-10-15(27-2)11-9-14/h4-11,17H,12-13,23H2,1-3H3,(H,24,26). The van der Waals surface area contributed by atoms with Gasteiger partial charge in [0.05, 0.1) is 24.2 Å². The van der Waals surface area contributed by atoms with Crippen LogP contribution in [0.4, 0.5) is 0 Å². The zero-order chi connectivity index (χ0) is 19.9. The maximum absolute atomic E-state index is 12.6. The van der Waals surface area contributed by atoms with Crippen LogP contribution in [-0.4, -0.2) is 24.7 Å². The first kappa shape index (κ1) is 18.5. The molecular formula is C22H25N3O3. The van der Waals surface area contributed by atoms with Gasteiger partial charge in [-0.15, -0.1) is 0 Å². The zero-order valence-electron chi connectivity index (χ0n) is 16.4. The van der Waals surface area contributed by atoms with Crippen LogP contribution in [-0.2, 0) is 15.1 Å². The van der Waals surface area contributed by atoms with E-state index in [-0.39, 0.29) is 11.8 Å². The number of carbonyl (C=O) groups excluding carboxylic acids is 1. The van der Waals surface area contributed by atoms with Crippen LogP contribution in [0.1, 0.15) is 36.9 Å². The van der Waals surface area contributed by atoms with Crippen LogP contribution in [0.15, 0.2) is 48.5 Å². The molecule has 0 radical (unpaired) electrons. The molecule has 1 aliphatic carbocycles. The molecule has 6 heteroatoms. The van der Waals surface area contributed by atoms with Gasteiger partial charge in [-0.25, -0.2) is 5.84 Å².